The first-order valence-corrected chi connectivity index (χ1v) is 7.94. The maximum absolute atomic E-state index is 5.86. The lowest BCUT2D eigenvalue weighted by molar-refractivity contribution is 0.455. The second kappa shape index (κ2) is 7.57. The molecule has 4 heteroatoms. The van der Waals surface area contributed by atoms with Crippen LogP contribution in [0.15, 0.2) is 41.0 Å². The van der Waals surface area contributed by atoms with Crippen molar-refractivity contribution in [3.05, 3.63) is 52.1 Å². The molecular weight excluding hydrogens is 328 g/mol. The molecule has 0 fully saturated rings. The lowest BCUT2D eigenvalue weighted by Gasteiger charge is -2.11. The molecule has 1 aromatic carbocycles. The van der Waals surface area contributed by atoms with E-state index >= 15 is 0 Å². The fourth-order valence-electron chi connectivity index (χ4n) is 1.96. The standard InChI is InChI=1S/C17H21BrN2O/c1-12(2)9-19-10-14-8-13(3)17(20-11-14)21-16-7-5-4-6-15(16)18/h4-8,11-12,19H,9-10H2,1-3H3. The van der Waals surface area contributed by atoms with Crippen LogP contribution in [0.4, 0.5) is 0 Å². The van der Waals surface area contributed by atoms with Gasteiger partial charge in [0.15, 0.2) is 0 Å². The third-order valence-corrected chi connectivity index (χ3v) is 3.67. The molecule has 0 saturated heterocycles. The molecule has 0 spiro atoms. The number of hydrogen-bond acceptors (Lipinski definition) is 3. The van der Waals surface area contributed by atoms with Crippen LogP contribution < -0.4 is 10.1 Å². The normalized spacial score (nSPS) is 10.9. The largest absolute Gasteiger partial charge is 0.438 e. The summed E-state index contributed by atoms with van der Waals surface area (Å²) in [7, 11) is 0. The predicted octanol–water partition coefficient (Wildman–Crippen LogP) is 4.69. The zero-order valence-electron chi connectivity index (χ0n) is 12.7. The van der Waals surface area contributed by atoms with Gasteiger partial charge in [-0.3, -0.25) is 0 Å². The number of hydrogen-bond donors (Lipinski definition) is 1. The van der Waals surface area contributed by atoms with Crippen molar-refractivity contribution in [3.8, 4) is 11.6 Å². The Hall–Kier alpha value is -1.39. The Labute approximate surface area is 134 Å². The number of halogens is 1. The summed E-state index contributed by atoms with van der Waals surface area (Å²) in [4.78, 5) is 4.43. The minimum absolute atomic E-state index is 0.648. The van der Waals surface area contributed by atoms with Gasteiger partial charge in [0.25, 0.3) is 0 Å². The molecule has 0 atom stereocenters. The number of para-hydroxylation sites is 1. The molecule has 0 radical (unpaired) electrons. The van der Waals surface area contributed by atoms with E-state index in [2.05, 4.69) is 46.1 Å². The first kappa shape index (κ1) is 16.0. The average molecular weight is 349 g/mol. The Morgan fingerprint density at radius 2 is 2.05 bits per heavy atom. The summed E-state index contributed by atoms with van der Waals surface area (Å²) in [5, 5.41) is 3.42. The van der Waals surface area contributed by atoms with Crippen molar-refractivity contribution in [1.29, 1.82) is 0 Å². The van der Waals surface area contributed by atoms with Gasteiger partial charge in [-0.1, -0.05) is 26.0 Å². The summed E-state index contributed by atoms with van der Waals surface area (Å²) in [5.41, 5.74) is 2.21. The number of aryl methyl sites for hydroxylation is 1. The van der Waals surface area contributed by atoms with E-state index in [1.807, 2.05) is 37.4 Å². The number of rotatable bonds is 6. The monoisotopic (exact) mass is 348 g/mol. The van der Waals surface area contributed by atoms with Crippen molar-refractivity contribution in [1.82, 2.24) is 10.3 Å². The van der Waals surface area contributed by atoms with Crippen molar-refractivity contribution in [2.45, 2.75) is 27.3 Å². The maximum Gasteiger partial charge on any atom is 0.222 e. The van der Waals surface area contributed by atoms with Crippen molar-refractivity contribution >= 4 is 15.9 Å². The summed E-state index contributed by atoms with van der Waals surface area (Å²) < 4.78 is 6.78. The van der Waals surface area contributed by atoms with Crippen molar-refractivity contribution in [3.63, 3.8) is 0 Å². The Balaban J connectivity index is 2.04. The fraction of sp³-hybridized carbons (Fsp3) is 0.353. The third kappa shape index (κ3) is 4.83. The lowest BCUT2D eigenvalue weighted by Crippen LogP contribution is -2.19. The lowest BCUT2D eigenvalue weighted by atomic mass is 10.2. The van der Waals surface area contributed by atoms with Gasteiger partial charge in [0.2, 0.25) is 5.88 Å². The van der Waals surface area contributed by atoms with Gasteiger partial charge in [0.1, 0.15) is 5.75 Å². The average Bonchev–Trinajstić information content (AvgIpc) is 2.43. The highest BCUT2D eigenvalue weighted by molar-refractivity contribution is 9.10. The molecule has 0 aliphatic rings. The first-order chi connectivity index (χ1) is 10.1. The quantitative estimate of drug-likeness (QED) is 0.822. The highest BCUT2D eigenvalue weighted by Crippen LogP contribution is 2.29. The SMILES string of the molecule is Cc1cc(CNCC(C)C)cnc1Oc1ccccc1Br. The molecule has 0 bridgehead atoms. The molecule has 0 aliphatic carbocycles. The molecule has 0 amide bonds. The van der Waals surface area contributed by atoms with Crippen LogP contribution in [0.2, 0.25) is 0 Å². The molecule has 21 heavy (non-hydrogen) atoms. The van der Waals surface area contributed by atoms with Crippen LogP contribution in [0.25, 0.3) is 0 Å². The van der Waals surface area contributed by atoms with Crippen LogP contribution >= 0.6 is 15.9 Å². The second-order valence-corrected chi connectivity index (χ2v) is 6.38. The predicted molar refractivity (Wildman–Crippen MR) is 89.7 cm³/mol. The van der Waals surface area contributed by atoms with E-state index in [4.69, 9.17) is 4.74 Å². The summed E-state index contributed by atoms with van der Waals surface area (Å²) in [6.07, 6.45) is 1.87. The number of nitrogens with zero attached hydrogens (tertiary/aromatic N) is 1. The zero-order valence-corrected chi connectivity index (χ0v) is 14.3. The Kier molecular flexibility index (Phi) is 5.76. The van der Waals surface area contributed by atoms with Crippen LogP contribution in [-0.4, -0.2) is 11.5 Å². The van der Waals surface area contributed by atoms with Gasteiger partial charge in [0, 0.05) is 18.3 Å². The Bertz CT molecular complexity index is 599. The molecular formula is C17H21BrN2O. The number of benzene rings is 1. The van der Waals surface area contributed by atoms with E-state index in [0.29, 0.717) is 11.8 Å². The first-order valence-electron chi connectivity index (χ1n) is 7.15. The summed E-state index contributed by atoms with van der Waals surface area (Å²) in [6, 6.07) is 9.89. The minimum Gasteiger partial charge on any atom is -0.438 e. The van der Waals surface area contributed by atoms with E-state index in [0.717, 1.165) is 28.9 Å². The maximum atomic E-state index is 5.86. The molecule has 112 valence electrons. The van der Waals surface area contributed by atoms with Gasteiger partial charge < -0.3 is 10.1 Å². The van der Waals surface area contributed by atoms with Gasteiger partial charge in [-0.15, -0.1) is 0 Å². The van der Waals surface area contributed by atoms with Gasteiger partial charge >= 0.3 is 0 Å². The number of nitrogens with one attached hydrogen (secondary N) is 1. The van der Waals surface area contributed by atoms with E-state index < -0.39 is 0 Å². The third-order valence-electron chi connectivity index (χ3n) is 3.01. The highest BCUT2D eigenvalue weighted by Gasteiger charge is 2.07. The van der Waals surface area contributed by atoms with Crippen LogP contribution in [0.5, 0.6) is 11.6 Å². The summed E-state index contributed by atoms with van der Waals surface area (Å²) in [5.74, 6) is 2.07. The van der Waals surface area contributed by atoms with Crippen LogP contribution in [0, 0.1) is 12.8 Å². The van der Waals surface area contributed by atoms with Crippen molar-refractivity contribution in [2.75, 3.05) is 6.54 Å². The summed E-state index contributed by atoms with van der Waals surface area (Å²) >= 11 is 3.48. The Morgan fingerprint density at radius 1 is 1.29 bits per heavy atom. The smallest absolute Gasteiger partial charge is 0.222 e. The van der Waals surface area contributed by atoms with E-state index in [1.54, 1.807) is 0 Å². The van der Waals surface area contributed by atoms with Gasteiger partial charge in [-0.25, -0.2) is 4.98 Å². The molecule has 0 saturated carbocycles. The molecule has 0 unspecified atom stereocenters. The molecule has 1 N–H and O–H groups in total. The topological polar surface area (TPSA) is 34.2 Å². The zero-order chi connectivity index (χ0) is 15.2. The molecule has 1 heterocycles. The molecule has 2 rings (SSSR count). The molecule has 2 aromatic rings. The van der Waals surface area contributed by atoms with E-state index in [9.17, 15) is 0 Å². The van der Waals surface area contributed by atoms with Gasteiger partial charge in [0.05, 0.1) is 4.47 Å². The number of aromatic nitrogens is 1. The second-order valence-electron chi connectivity index (χ2n) is 5.52. The molecule has 1 aromatic heterocycles. The van der Waals surface area contributed by atoms with Gasteiger partial charge in [-0.05, 0) is 59.1 Å². The van der Waals surface area contributed by atoms with Crippen LogP contribution in [-0.2, 0) is 6.54 Å². The van der Waals surface area contributed by atoms with Gasteiger partial charge in [-0.2, -0.15) is 0 Å². The Morgan fingerprint density at radius 3 is 2.71 bits per heavy atom. The highest BCUT2D eigenvalue weighted by atomic mass is 79.9. The van der Waals surface area contributed by atoms with Crippen molar-refractivity contribution < 1.29 is 4.74 Å². The molecule has 0 aliphatic heterocycles. The van der Waals surface area contributed by atoms with Crippen LogP contribution in [0.3, 0.4) is 0 Å². The fourth-order valence-corrected chi connectivity index (χ4v) is 2.33. The summed E-state index contributed by atoms with van der Waals surface area (Å²) in [6.45, 7) is 8.26. The minimum atomic E-state index is 0.648. The number of ether oxygens (including phenoxy) is 1. The number of pyridine rings is 1. The molecule has 3 nitrogen and oxygen atoms in total. The van der Waals surface area contributed by atoms with Crippen LogP contribution in [0.1, 0.15) is 25.0 Å². The van der Waals surface area contributed by atoms with E-state index in [1.165, 1.54) is 5.56 Å². The van der Waals surface area contributed by atoms with E-state index in [-0.39, 0.29) is 0 Å². The van der Waals surface area contributed by atoms with Crippen molar-refractivity contribution in [2.24, 2.45) is 5.92 Å².